The minimum atomic E-state index is -0.239. The van der Waals surface area contributed by atoms with Crippen molar-refractivity contribution < 1.29 is 9.18 Å². The quantitative estimate of drug-likeness (QED) is 0.895. The zero-order valence-corrected chi connectivity index (χ0v) is 14.1. The molecule has 2 aromatic rings. The summed E-state index contributed by atoms with van der Waals surface area (Å²) in [6.45, 7) is 2.64. The lowest BCUT2D eigenvalue weighted by Crippen LogP contribution is -2.30. The SMILES string of the molecule is Cc1nc(-c2ccc(F)cc2)sc1CCNC(=O)C1CCCC1. The van der Waals surface area contributed by atoms with Gasteiger partial charge in [0.2, 0.25) is 5.91 Å². The molecule has 1 aromatic heterocycles. The van der Waals surface area contributed by atoms with Crippen molar-refractivity contribution in [2.45, 2.75) is 39.0 Å². The number of rotatable bonds is 5. The molecule has 3 nitrogen and oxygen atoms in total. The Bertz CT molecular complexity index is 675. The van der Waals surface area contributed by atoms with E-state index in [0.717, 1.165) is 35.5 Å². The standard InChI is InChI=1S/C18H21FN2OS/c1-12-16(10-11-20-17(22)13-4-2-3-5-13)23-18(21-12)14-6-8-15(19)9-7-14/h6-9,13H,2-5,10-11H2,1H3,(H,20,22). The third-order valence-electron chi connectivity index (χ3n) is 4.36. The average Bonchev–Trinajstić information content (AvgIpc) is 3.18. The Morgan fingerprint density at radius 3 is 2.70 bits per heavy atom. The maximum absolute atomic E-state index is 13.0. The molecule has 1 aliphatic carbocycles. The molecular formula is C18H21FN2OS. The van der Waals surface area contributed by atoms with Crippen molar-refractivity contribution in [2.75, 3.05) is 6.54 Å². The highest BCUT2D eigenvalue weighted by Gasteiger charge is 2.22. The molecule has 1 heterocycles. The Balaban J connectivity index is 1.58. The van der Waals surface area contributed by atoms with E-state index in [-0.39, 0.29) is 17.6 Å². The predicted octanol–water partition coefficient (Wildman–Crippen LogP) is 4.11. The largest absolute Gasteiger partial charge is 0.356 e. The fourth-order valence-corrected chi connectivity index (χ4v) is 4.07. The van der Waals surface area contributed by atoms with Crippen molar-refractivity contribution in [3.05, 3.63) is 40.7 Å². The van der Waals surface area contributed by atoms with E-state index in [1.165, 1.54) is 29.9 Å². The zero-order valence-electron chi connectivity index (χ0n) is 13.3. The third kappa shape index (κ3) is 3.96. The topological polar surface area (TPSA) is 42.0 Å². The minimum absolute atomic E-state index is 0.198. The fourth-order valence-electron chi connectivity index (χ4n) is 3.01. The van der Waals surface area contributed by atoms with Crippen molar-refractivity contribution >= 4 is 17.2 Å². The number of amides is 1. The van der Waals surface area contributed by atoms with Crippen LogP contribution in [-0.4, -0.2) is 17.4 Å². The molecule has 0 bridgehead atoms. The van der Waals surface area contributed by atoms with Gasteiger partial charge in [0.15, 0.2) is 0 Å². The molecule has 0 radical (unpaired) electrons. The van der Waals surface area contributed by atoms with Gasteiger partial charge in [0, 0.05) is 29.3 Å². The van der Waals surface area contributed by atoms with Crippen LogP contribution in [0.3, 0.4) is 0 Å². The van der Waals surface area contributed by atoms with Gasteiger partial charge in [0.05, 0.1) is 5.69 Å². The second-order valence-electron chi connectivity index (χ2n) is 6.06. The Morgan fingerprint density at radius 2 is 2.00 bits per heavy atom. The lowest BCUT2D eigenvalue weighted by Gasteiger charge is -2.09. The number of hydrogen-bond acceptors (Lipinski definition) is 3. The normalized spacial score (nSPS) is 15.0. The molecule has 0 saturated heterocycles. The molecule has 23 heavy (non-hydrogen) atoms. The number of halogens is 1. The molecule has 1 fully saturated rings. The molecule has 1 aliphatic rings. The lowest BCUT2D eigenvalue weighted by molar-refractivity contribution is -0.124. The number of carbonyl (C=O) groups excluding carboxylic acids is 1. The van der Waals surface area contributed by atoms with Crippen LogP contribution in [0.2, 0.25) is 0 Å². The maximum atomic E-state index is 13.0. The second-order valence-corrected chi connectivity index (χ2v) is 7.14. The zero-order chi connectivity index (χ0) is 16.2. The Labute approximate surface area is 140 Å². The number of benzene rings is 1. The highest BCUT2D eigenvalue weighted by atomic mass is 32.1. The van der Waals surface area contributed by atoms with E-state index in [2.05, 4.69) is 10.3 Å². The van der Waals surface area contributed by atoms with Gasteiger partial charge in [0.25, 0.3) is 0 Å². The van der Waals surface area contributed by atoms with Gasteiger partial charge in [-0.05, 0) is 44.0 Å². The van der Waals surface area contributed by atoms with Gasteiger partial charge >= 0.3 is 0 Å². The maximum Gasteiger partial charge on any atom is 0.223 e. The molecule has 1 N–H and O–H groups in total. The lowest BCUT2D eigenvalue weighted by atomic mass is 10.1. The molecule has 1 saturated carbocycles. The van der Waals surface area contributed by atoms with Crippen LogP contribution in [0.1, 0.15) is 36.3 Å². The van der Waals surface area contributed by atoms with Gasteiger partial charge in [-0.25, -0.2) is 9.37 Å². The van der Waals surface area contributed by atoms with E-state index in [1.807, 2.05) is 6.92 Å². The number of nitrogens with zero attached hydrogens (tertiary/aromatic N) is 1. The third-order valence-corrected chi connectivity index (χ3v) is 5.63. The van der Waals surface area contributed by atoms with Gasteiger partial charge in [-0.2, -0.15) is 0 Å². The summed E-state index contributed by atoms with van der Waals surface area (Å²) in [6.07, 6.45) is 5.20. The van der Waals surface area contributed by atoms with Crippen LogP contribution in [0.5, 0.6) is 0 Å². The van der Waals surface area contributed by atoms with Crippen LogP contribution in [0, 0.1) is 18.7 Å². The summed E-state index contributed by atoms with van der Waals surface area (Å²) in [5.74, 6) is 0.174. The van der Waals surface area contributed by atoms with E-state index in [0.29, 0.717) is 6.54 Å². The van der Waals surface area contributed by atoms with Crippen LogP contribution in [0.15, 0.2) is 24.3 Å². The van der Waals surface area contributed by atoms with Crippen molar-refractivity contribution in [2.24, 2.45) is 5.92 Å². The van der Waals surface area contributed by atoms with Gasteiger partial charge in [-0.3, -0.25) is 4.79 Å². The average molecular weight is 332 g/mol. The summed E-state index contributed by atoms with van der Waals surface area (Å²) in [4.78, 5) is 17.8. The van der Waals surface area contributed by atoms with E-state index in [9.17, 15) is 9.18 Å². The monoisotopic (exact) mass is 332 g/mol. The van der Waals surface area contributed by atoms with Crippen LogP contribution >= 0.6 is 11.3 Å². The first-order valence-corrected chi connectivity index (χ1v) is 8.95. The first-order valence-electron chi connectivity index (χ1n) is 8.13. The number of thiazole rings is 1. The molecule has 1 aromatic carbocycles. The number of nitrogens with one attached hydrogen (secondary N) is 1. The summed E-state index contributed by atoms with van der Waals surface area (Å²) >= 11 is 1.62. The summed E-state index contributed by atoms with van der Waals surface area (Å²) in [5, 5.41) is 3.95. The molecule has 5 heteroatoms. The molecule has 122 valence electrons. The van der Waals surface area contributed by atoms with Gasteiger partial charge in [-0.1, -0.05) is 12.8 Å². The molecule has 0 unspecified atom stereocenters. The Hall–Kier alpha value is -1.75. The van der Waals surface area contributed by atoms with E-state index < -0.39 is 0 Å². The Morgan fingerprint density at radius 1 is 1.30 bits per heavy atom. The van der Waals surface area contributed by atoms with Crippen molar-refractivity contribution in [3.8, 4) is 10.6 Å². The number of aromatic nitrogens is 1. The molecule has 0 atom stereocenters. The fraction of sp³-hybridized carbons (Fsp3) is 0.444. The van der Waals surface area contributed by atoms with E-state index in [4.69, 9.17) is 0 Å². The van der Waals surface area contributed by atoms with Crippen molar-refractivity contribution in [1.82, 2.24) is 10.3 Å². The summed E-state index contributed by atoms with van der Waals surface area (Å²) < 4.78 is 13.0. The second kappa shape index (κ2) is 7.21. The van der Waals surface area contributed by atoms with E-state index >= 15 is 0 Å². The van der Waals surface area contributed by atoms with Gasteiger partial charge in [-0.15, -0.1) is 11.3 Å². The summed E-state index contributed by atoms with van der Waals surface area (Å²) in [5.41, 5.74) is 1.92. The molecule has 0 spiro atoms. The van der Waals surface area contributed by atoms with Crippen molar-refractivity contribution in [3.63, 3.8) is 0 Å². The minimum Gasteiger partial charge on any atom is -0.356 e. The Kier molecular flexibility index (Phi) is 5.06. The molecule has 1 amide bonds. The summed E-state index contributed by atoms with van der Waals surface area (Å²) in [7, 11) is 0. The smallest absolute Gasteiger partial charge is 0.223 e. The van der Waals surface area contributed by atoms with Crippen LogP contribution in [0.4, 0.5) is 4.39 Å². The predicted molar refractivity (Wildman–Crippen MR) is 90.9 cm³/mol. The molecule has 0 aliphatic heterocycles. The number of aryl methyl sites for hydroxylation is 1. The van der Waals surface area contributed by atoms with Gasteiger partial charge < -0.3 is 5.32 Å². The molecule has 3 rings (SSSR count). The van der Waals surface area contributed by atoms with E-state index in [1.54, 1.807) is 23.5 Å². The van der Waals surface area contributed by atoms with Crippen LogP contribution in [0.25, 0.3) is 10.6 Å². The number of carbonyl (C=O) groups is 1. The highest BCUT2D eigenvalue weighted by molar-refractivity contribution is 7.15. The number of hydrogen-bond donors (Lipinski definition) is 1. The van der Waals surface area contributed by atoms with Crippen LogP contribution < -0.4 is 5.32 Å². The van der Waals surface area contributed by atoms with Gasteiger partial charge in [0.1, 0.15) is 10.8 Å². The molecular weight excluding hydrogens is 311 g/mol. The summed E-state index contributed by atoms with van der Waals surface area (Å²) in [6, 6.07) is 6.40. The van der Waals surface area contributed by atoms with Crippen LogP contribution in [-0.2, 0) is 11.2 Å². The first kappa shape index (κ1) is 16.1. The first-order chi connectivity index (χ1) is 11.1. The van der Waals surface area contributed by atoms with Crippen molar-refractivity contribution in [1.29, 1.82) is 0 Å². The highest BCUT2D eigenvalue weighted by Crippen LogP contribution is 2.28.